The third-order valence-electron chi connectivity index (χ3n) is 6.70. The molecule has 0 rings (SSSR count). The number of hydrogen-bond acceptors (Lipinski definition) is 1. The van der Waals surface area contributed by atoms with Gasteiger partial charge in [-0.15, -0.1) is 0 Å². The van der Waals surface area contributed by atoms with Crippen LogP contribution in [0.4, 0.5) is 0 Å². The predicted molar refractivity (Wildman–Crippen MR) is 107 cm³/mol. The number of rotatable bonds is 13. The average molecular weight is 326 g/mol. The lowest BCUT2D eigenvalue weighted by atomic mass is 9.59. The van der Waals surface area contributed by atoms with Crippen molar-refractivity contribution in [3.63, 3.8) is 0 Å². The van der Waals surface area contributed by atoms with Crippen molar-refractivity contribution in [3.05, 3.63) is 0 Å². The standard InChI is InChI=1S/C22H47N/c1-10-21(16-18(6)13-14-20(8)23-9)22(11-2,12-3)19(7)15-17(4)5/h17-21,23H,10-16H2,1-9H3. The largest absolute Gasteiger partial charge is 0.317 e. The molecule has 0 saturated heterocycles. The maximum absolute atomic E-state index is 3.38. The molecule has 1 nitrogen and oxygen atoms in total. The van der Waals surface area contributed by atoms with Crippen molar-refractivity contribution in [2.75, 3.05) is 7.05 Å². The molecule has 0 bridgehead atoms. The summed E-state index contributed by atoms with van der Waals surface area (Å²) in [5, 5.41) is 3.38. The highest BCUT2D eigenvalue weighted by atomic mass is 14.8. The maximum Gasteiger partial charge on any atom is 0.00358 e. The molecule has 0 saturated carbocycles. The molecule has 0 heterocycles. The summed E-state index contributed by atoms with van der Waals surface area (Å²) in [5.74, 6) is 3.38. The Bertz CT molecular complexity index is 280. The smallest absolute Gasteiger partial charge is 0.00358 e. The lowest BCUT2D eigenvalue weighted by Gasteiger charge is -2.46. The molecular formula is C22H47N. The summed E-state index contributed by atoms with van der Waals surface area (Å²) in [6.45, 7) is 19.4. The zero-order valence-electron chi connectivity index (χ0n) is 17.8. The van der Waals surface area contributed by atoms with E-state index in [1.165, 1.54) is 44.9 Å². The van der Waals surface area contributed by atoms with Crippen LogP contribution in [-0.2, 0) is 0 Å². The second-order valence-electron chi connectivity index (χ2n) is 8.68. The first-order valence-electron chi connectivity index (χ1n) is 10.4. The first-order valence-corrected chi connectivity index (χ1v) is 10.4. The first kappa shape index (κ1) is 23.0. The van der Waals surface area contributed by atoms with Gasteiger partial charge in [-0.05, 0) is 81.6 Å². The van der Waals surface area contributed by atoms with Crippen molar-refractivity contribution in [2.45, 2.75) is 106 Å². The molecule has 0 aliphatic rings. The minimum Gasteiger partial charge on any atom is -0.317 e. The lowest BCUT2D eigenvalue weighted by molar-refractivity contribution is 0.0365. The second-order valence-corrected chi connectivity index (χ2v) is 8.68. The predicted octanol–water partition coefficient (Wildman–Crippen LogP) is 6.92. The van der Waals surface area contributed by atoms with Crippen LogP contribution in [0.15, 0.2) is 0 Å². The Labute approximate surface area is 148 Å². The van der Waals surface area contributed by atoms with E-state index in [4.69, 9.17) is 0 Å². The van der Waals surface area contributed by atoms with Crippen LogP contribution in [0.25, 0.3) is 0 Å². The molecule has 4 unspecified atom stereocenters. The van der Waals surface area contributed by atoms with Gasteiger partial charge in [-0.3, -0.25) is 0 Å². The van der Waals surface area contributed by atoms with E-state index in [-0.39, 0.29) is 0 Å². The van der Waals surface area contributed by atoms with E-state index in [0.717, 1.165) is 23.7 Å². The molecule has 0 aliphatic carbocycles. The van der Waals surface area contributed by atoms with Gasteiger partial charge in [0.05, 0.1) is 0 Å². The fourth-order valence-electron chi connectivity index (χ4n) is 4.96. The fraction of sp³-hybridized carbons (Fsp3) is 1.00. The van der Waals surface area contributed by atoms with E-state index < -0.39 is 0 Å². The Morgan fingerprint density at radius 1 is 0.826 bits per heavy atom. The van der Waals surface area contributed by atoms with Gasteiger partial charge in [0.1, 0.15) is 0 Å². The van der Waals surface area contributed by atoms with Gasteiger partial charge in [0, 0.05) is 6.04 Å². The van der Waals surface area contributed by atoms with Crippen molar-refractivity contribution in [2.24, 2.45) is 29.1 Å². The van der Waals surface area contributed by atoms with Crippen LogP contribution >= 0.6 is 0 Å². The molecular weight excluding hydrogens is 278 g/mol. The summed E-state index contributed by atoms with van der Waals surface area (Å²) in [5.41, 5.74) is 0.544. The van der Waals surface area contributed by atoms with Gasteiger partial charge in [-0.1, -0.05) is 54.9 Å². The Balaban J connectivity index is 4.95. The monoisotopic (exact) mass is 325 g/mol. The Hall–Kier alpha value is -0.0400. The topological polar surface area (TPSA) is 12.0 Å². The highest BCUT2D eigenvalue weighted by molar-refractivity contribution is 4.89. The minimum absolute atomic E-state index is 0.544. The molecule has 1 N–H and O–H groups in total. The van der Waals surface area contributed by atoms with Crippen LogP contribution < -0.4 is 5.32 Å². The van der Waals surface area contributed by atoms with Crippen LogP contribution in [0.2, 0.25) is 0 Å². The zero-order valence-corrected chi connectivity index (χ0v) is 17.8. The van der Waals surface area contributed by atoms with Gasteiger partial charge >= 0.3 is 0 Å². The molecule has 0 fully saturated rings. The van der Waals surface area contributed by atoms with Crippen LogP contribution in [0.5, 0.6) is 0 Å². The lowest BCUT2D eigenvalue weighted by Crippen LogP contribution is -2.37. The molecule has 140 valence electrons. The summed E-state index contributed by atoms with van der Waals surface area (Å²) in [6.07, 6.45) is 9.49. The molecule has 0 aromatic carbocycles. The van der Waals surface area contributed by atoms with Crippen molar-refractivity contribution in [1.82, 2.24) is 5.32 Å². The fourth-order valence-corrected chi connectivity index (χ4v) is 4.96. The summed E-state index contributed by atoms with van der Waals surface area (Å²) in [6, 6.07) is 0.652. The molecule has 23 heavy (non-hydrogen) atoms. The van der Waals surface area contributed by atoms with Gasteiger partial charge in [0.15, 0.2) is 0 Å². The van der Waals surface area contributed by atoms with Crippen molar-refractivity contribution < 1.29 is 0 Å². The summed E-state index contributed by atoms with van der Waals surface area (Å²) < 4.78 is 0. The molecule has 0 aliphatic heterocycles. The van der Waals surface area contributed by atoms with Crippen molar-refractivity contribution >= 4 is 0 Å². The van der Waals surface area contributed by atoms with Gasteiger partial charge in [0.2, 0.25) is 0 Å². The summed E-state index contributed by atoms with van der Waals surface area (Å²) in [4.78, 5) is 0. The minimum atomic E-state index is 0.544. The van der Waals surface area contributed by atoms with E-state index in [1.807, 2.05) is 0 Å². The summed E-state index contributed by atoms with van der Waals surface area (Å²) >= 11 is 0. The number of hydrogen-bond donors (Lipinski definition) is 1. The third-order valence-corrected chi connectivity index (χ3v) is 6.70. The van der Waals surface area contributed by atoms with Gasteiger partial charge in [-0.25, -0.2) is 0 Å². The maximum atomic E-state index is 3.38. The summed E-state index contributed by atoms with van der Waals surface area (Å²) in [7, 11) is 2.08. The van der Waals surface area contributed by atoms with E-state index >= 15 is 0 Å². The van der Waals surface area contributed by atoms with Crippen molar-refractivity contribution in [3.8, 4) is 0 Å². The van der Waals surface area contributed by atoms with Crippen LogP contribution in [-0.4, -0.2) is 13.1 Å². The highest BCUT2D eigenvalue weighted by Gasteiger charge is 2.39. The average Bonchev–Trinajstić information content (AvgIpc) is 2.52. The molecule has 0 aromatic rings. The molecule has 1 heteroatoms. The van der Waals surface area contributed by atoms with E-state index in [2.05, 4.69) is 67.8 Å². The highest BCUT2D eigenvalue weighted by Crippen LogP contribution is 2.49. The Morgan fingerprint density at radius 3 is 1.78 bits per heavy atom. The quantitative estimate of drug-likeness (QED) is 0.387. The zero-order chi connectivity index (χ0) is 18.0. The van der Waals surface area contributed by atoms with E-state index in [0.29, 0.717) is 11.5 Å². The van der Waals surface area contributed by atoms with Gasteiger partial charge in [0.25, 0.3) is 0 Å². The molecule has 0 aromatic heterocycles. The molecule has 0 radical (unpaired) electrons. The SMILES string of the molecule is CCC(CC(C)CCC(C)NC)C(CC)(CC)C(C)CC(C)C. The van der Waals surface area contributed by atoms with Gasteiger partial charge < -0.3 is 5.32 Å². The Kier molecular flexibility index (Phi) is 11.5. The van der Waals surface area contributed by atoms with Gasteiger partial charge in [-0.2, -0.15) is 0 Å². The second kappa shape index (κ2) is 11.5. The van der Waals surface area contributed by atoms with Crippen LogP contribution in [0.1, 0.15) is 100 Å². The van der Waals surface area contributed by atoms with E-state index in [9.17, 15) is 0 Å². The molecule has 4 atom stereocenters. The normalized spacial score (nSPS) is 18.0. The van der Waals surface area contributed by atoms with E-state index in [1.54, 1.807) is 0 Å². The molecule has 0 amide bonds. The van der Waals surface area contributed by atoms with Crippen LogP contribution in [0.3, 0.4) is 0 Å². The third kappa shape index (κ3) is 7.16. The molecule has 0 spiro atoms. The van der Waals surface area contributed by atoms with Crippen LogP contribution in [0, 0.1) is 29.1 Å². The Morgan fingerprint density at radius 2 is 1.39 bits per heavy atom. The van der Waals surface area contributed by atoms with Crippen molar-refractivity contribution in [1.29, 1.82) is 0 Å². The number of nitrogens with one attached hydrogen (secondary N) is 1. The first-order chi connectivity index (χ1) is 10.8.